The van der Waals surface area contributed by atoms with Crippen LogP contribution in [0.5, 0.6) is 0 Å². The van der Waals surface area contributed by atoms with Crippen LogP contribution in [0.1, 0.15) is 38.3 Å². The van der Waals surface area contributed by atoms with E-state index in [0.717, 1.165) is 49.2 Å². The van der Waals surface area contributed by atoms with Gasteiger partial charge < -0.3 is 10.0 Å². The van der Waals surface area contributed by atoms with Crippen LogP contribution >= 0.6 is 11.6 Å². The van der Waals surface area contributed by atoms with Gasteiger partial charge in [-0.15, -0.1) is 0 Å². The zero-order valence-electron chi connectivity index (χ0n) is 11.9. The number of rotatable bonds is 3. The van der Waals surface area contributed by atoms with Crippen LogP contribution in [-0.2, 0) is 11.2 Å². The number of halogens is 1. The maximum atomic E-state index is 10.9. The predicted octanol–water partition coefficient (Wildman–Crippen LogP) is 2.83. The smallest absolute Gasteiger partial charge is 0.328 e. The molecule has 0 saturated carbocycles. The van der Waals surface area contributed by atoms with Crippen molar-refractivity contribution >= 4 is 23.4 Å². The highest BCUT2D eigenvalue weighted by Crippen LogP contribution is 2.43. The van der Waals surface area contributed by atoms with Gasteiger partial charge in [0.25, 0.3) is 0 Å². The van der Waals surface area contributed by atoms with Gasteiger partial charge in [-0.25, -0.2) is 14.8 Å². The van der Waals surface area contributed by atoms with E-state index in [4.69, 9.17) is 16.7 Å². The van der Waals surface area contributed by atoms with Gasteiger partial charge in [-0.1, -0.05) is 24.1 Å². The van der Waals surface area contributed by atoms with Crippen LogP contribution in [0.25, 0.3) is 0 Å². The second-order valence-corrected chi connectivity index (χ2v) is 6.03. The Morgan fingerprint density at radius 3 is 2.67 bits per heavy atom. The Morgan fingerprint density at radius 1 is 1.43 bits per heavy atom. The van der Waals surface area contributed by atoms with Crippen LogP contribution in [0.4, 0.5) is 5.82 Å². The van der Waals surface area contributed by atoms with Gasteiger partial charge in [0.1, 0.15) is 11.3 Å². The summed E-state index contributed by atoms with van der Waals surface area (Å²) >= 11 is 6.45. The standard InChI is InChI=1S/C15H18ClN3O2/c1-2-12-14(16)15(18-8-17-12)19-10-3-4-11(19)6-9(5-10)7-13(20)21/h7-8,10-11H,2-6H2,1H3,(H,20,21)/t10-,11-/m0/s1. The fourth-order valence-corrected chi connectivity index (χ4v) is 3.84. The third-order valence-corrected chi connectivity index (χ3v) is 4.75. The normalized spacial score (nSPS) is 24.3. The van der Waals surface area contributed by atoms with Gasteiger partial charge in [0.2, 0.25) is 0 Å². The number of hydrogen-bond acceptors (Lipinski definition) is 4. The van der Waals surface area contributed by atoms with Crippen molar-refractivity contribution in [2.24, 2.45) is 0 Å². The van der Waals surface area contributed by atoms with E-state index in [1.54, 1.807) is 6.33 Å². The van der Waals surface area contributed by atoms with Crippen molar-refractivity contribution in [3.8, 4) is 0 Å². The maximum absolute atomic E-state index is 10.9. The Bertz CT molecular complexity index is 587. The number of aliphatic carboxylic acids is 1. The number of aryl methyl sites for hydroxylation is 1. The van der Waals surface area contributed by atoms with Crippen LogP contribution in [0, 0.1) is 0 Å². The molecule has 2 saturated heterocycles. The quantitative estimate of drug-likeness (QED) is 0.870. The minimum Gasteiger partial charge on any atom is -0.478 e. The lowest BCUT2D eigenvalue weighted by Crippen LogP contribution is -2.41. The van der Waals surface area contributed by atoms with Crippen molar-refractivity contribution in [1.82, 2.24) is 9.97 Å². The molecule has 0 amide bonds. The number of anilines is 1. The predicted molar refractivity (Wildman–Crippen MR) is 80.7 cm³/mol. The molecule has 21 heavy (non-hydrogen) atoms. The molecular weight excluding hydrogens is 290 g/mol. The van der Waals surface area contributed by atoms with E-state index in [2.05, 4.69) is 14.9 Å². The molecule has 2 aliphatic rings. The number of fused-ring (bicyclic) bond motifs is 2. The molecule has 2 atom stereocenters. The fraction of sp³-hybridized carbons (Fsp3) is 0.533. The van der Waals surface area contributed by atoms with Gasteiger partial charge in [0.05, 0.1) is 5.69 Å². The number of hydrogen-bond donors (Lipinski definition) is 1. The summed E-state index contributed by atoms with van der Waals surface area (Å²) in [5.74, 6) is -0.0448. The molecular formula is C15H18ClN3O2. The molecule has 2 bridgehead atoms. The molecule has 5 nitrogen and oxygen atoms in total. The van der Waals surface area contributed by atoms with Crippen molar-refractivity contribution in [3.05, 3.63) is 28.7 Å². The van der Waals surface area contributed by atoms with Crippen molar-refractivity contribution in [1.29, 1.82) is 0 Å². The first-order valence-corrected chi connectivity index (χ1v) is 7.68. The van der Waals surface area contributed by atoms with Crippen molar-refractivity contribution in [2.45, 2.75) is 51.1 Å². The van der Waals surface area contributed by atoms with E-state index >= 15 is 0 Å². The van der Waals surface area contributed by atoms with Gasteiger partial charge >= 0.3 is 5.97 Å². The summed E-state index contributed by atoms with van der Waals surface area (Å²) < 4.78 is 0. The summed E-state index contributed by atoms with van der Waals surface area (Å²) in [6.45, 7) is 2.02. The first kappa shape index (κ1) is 14.3. The van der Waals surface area contributed by atoms with E-state index < -0.39 is 5.97 Å². The molecule has 1 N–H and O–H groups in total. The van der Waals surface area contributed by atoms with Crippen LogP contribution in [0.2, 0.25) is 5.02 Å². The first-order chi connectivity index (χ1) is 10.1. The van der Waals surface area contributed by atoms with Crippen molar-refractivity contribution in [2.75, 3.05) is 4.90 Å². The Labute approximate surface area is 128 Å². The van der Waals surface area contributed by atoms with E-state index in [-0.39, 0.29) is 0 Å². The SMILES string of the molecule is CCc1ncnc(N2[C@H]3CC[C@H]2CC(=CC(=O)O)C3)c1Cl. The van der Waals surface area contributed by atoms with Crippen LogP contribution in [-0.4, -0.2) is 33.1 Å². The van der Waals surface area contributed by atoms with E-state index in [0.29, 0.717) is 17.1 Å². The highest BCUT2D eigenvalue weighted by molar-refractivity contribution is 6.33. The summed E-state index contributed by atoms with van der Waals surface area (Å²) in [6, 6.07) is 0.595. The zero-order valence-corrected chi connectivity index (χ0v) is 12.7. The second kappa shape index (κ2) is 5.64. The Kier molecular flexibility index (Phi) is 3.85. The zero-order chi connectivity index (χ0) is 15.0. The Morgan fingerprint density at radius 2 is 2.10 bits per heavy atom. The monoisotopic (exact) mass is 307 g/mol. The fourth-order valence-electron chi connectivity index (χ4n) is 3.51. The number of carboxylic acid groups (broad SMARTS) is 1. The average molecular weight is 308 g/mol. The van der Waals surface area contributed by atoms with E-state index in [1.807, 2.05) is 6.92 Å². The second-order valence-electron chi connectivity index (χ2n) is 5.65. The third kappa shape index (κ3) is 2.62. The number of piperidine rings is 1. The lowest BCUT2D eigenvalue weighted by Gasteiger charge is -2.37. The molecule has 0 unspecified atom stereocenters. The topological polar surface area (TPSA) is 66.3 Å². The van der Waals surface area contributed by atoms with Crippen molar-refractivity contribution in [3.63, 3.8) is 0 Å². The van der Waals surface area contributed by atoms with Crippen LogP contribution in [0.3, 0.4) is 0 Å². The maximum Gasteiger partial charge on any atom is 0.328 e. The van der Waals surface area contributed by atoms with E-state index in [1.165, 1.54) is 6.08 Å². The molecule has 3 rings (SSSR count). The third-order valence-electron chi connectivity index (χ3n) is 4.37. The Balaban J connectivity index is 1.91. The first-order valence-electron chi connectivity index (χ1n) is 7.30. The van der Waals surface area contributed by atoms with Crippen molar-refractivity contribution < 1.29 is 9.90 Å². The van der Waals surface area contributed by atoms with Gasteiger partial charge in [0.15, 0.2) is 5.82 Å². The molecule has 1 aromatic rings. The van der Waals surface area contributed by atoms with Gasteiger partial charge in [-0.3, -0.25) is 0 Å². The summed E-state index contributed by atoms with van der Waals surface area (Å²) in [5.41, 5.74) is 1.89. The number of carboxylic acids is 1. The number of carbonyl (C=O) groups is 1. The molecule has 0 radical (unpaired) electrons. The number of nitrogens with zero attached hydrogens (tertiary/aromatic N) is 3. The van der Waals surface area contributed by atoms with Gasteiger partial charge in [0, 0.05) is 18.2 Å². The highest BCUT2D eigenvalue weighted by atomic mass is 35.5. The van der Waals surface area contributed by atoms with Crippen LogP contribution in [0.15, 0.2) is 18.0 Å². The lowest BCUT2D eigenvalue weighted by molar-refractivity contribution is -0.131. The molecule has 2 fully saturated rings. The molecule has 3 heterocycles. The molecule has 6 heteroatoms. The van der Waals surface area contributed by atoms with Gasteiger partial charge in [-0.05, 0) is 32.1 Å². The van der Waals surface area contributed by atoms with Gasteiger partial charge in [-0.2, -0.15) is 0 Å². The summed E-state index contributed by atoms with van der Waals surface area (Å²) in [4.78, 5) is 21.7. The molecule has 2 aliphatic heterocycles. The minimum absolute atomic E-state index is 0.298. The lowest BCUT2D eigenvalue weighted by atomic mass is 9.96. The largest absolute Gasteiger partial charge is 0.478 e. The molecule has 0 spiro atoms. The highest BCUT2D eigenvalue weighted by Gasteiger charge is 2.40. The molecule has 112 valence electrons. The van der Waals surface area contributed by atoms with E-state index in [9.17, 15) is 4.79 Å². The average Bonchev–Trinajstić information content (AvgIpc) is 2.70. The Hall–Kier alpha value is -1.62. The molecule has 1 aromatic heterocycles. The summed E-state index contributed by atoms with van der Waals surface area (Å²) in [7, 11) is 0. The summed E-state index contributed by atoms with van der Waals surface area (Å²) in [6.07, 6.45) is 7.40. The minimum atomic E-state index is -0.855. The summed E-state index contributed by atoms with van der Waals surface area (Å²) in [5, 5.41) is 9.56. The number of aromatic nitrogens is 2. The molecule has 0 aliphatic carbocycles. The van der Waals surface area contributed by atoms with Crippen LogP contribution < -0.4 is 4.90 Å². The molecule has 0 aromatic carbocycles.